The van der Waals surface area contributed by atoms with Crippen molar-refractivity contribution >= 4 is 34.0 Å². The number of ether oxygens (including phenoxy) is 1. The first kappa shape index (κ1) is 11.6. The molecule has 1 aromatic rings. The van der Waals surface area contributed by atoms with E-state index in [2.05, 4.69) is 4.98 Å². The second-order valence-corrected chi connectivity index (χ2v) is 4.88. The SMILES string of the molecule is CC1CN(c2nc(Cl)c(C(=O)O)s2)CCO1. The molecule has 0 saturated carbocycles. The molecule has 1 atom stereocenters. The van der Waals surface area contributed by atoms with Crippen LogP contribution < -0.4 is 4.90 Å². The lowest BCUT2D eigenvalue weighted by atomic mass is 10.3. The van der Waals surface area contributed by atoms with Gasteiger partial charge in [-0.15, -0.1) is 0 Å². The van der Waals surface area contributed by atoms with Crippen LogP contribution in [0.1, 0.15) is 16.6 Å². The van der Waals surface area contributed by atoms with Crippen LogP contribution in [0.3, 0.4) is 0 Å². The summed E-state index contributed by atoms with van der Waals surface area (Å²) in [6.45, 7) is 4.02. The Balaban J connectivity index is 2.20. The van der Waals surface area contributed by atoms with Crippen molar-refractivity contribution in [2.75, 3.05) is 24.6 Å². The number of aromatic nitrogens is 1. The molecule has 88 valence electrons. The van der Waals surface area contributed by atoms with Crippen molar-refractivity contribution in [3.8, 4) is 0 Å². The number of nitrogens with zero attached hydrogens (tertiary/aromatic N) is 2. The number of carboxylic acids is 1. The molecule has 1 fully saturated rings. The monoisotopic (exact) mass is 262 g/mol. The standard InChI is InChI=1S/C9H11ClN2O3S/c1-5-4-12(2-3-15-5)9-11-7(10)6(16-9)8(13)14/h5H,2-4H2,1H3,(H,13,14). The summed E-state index contributed by atoms with van der Waals surface area (Å²) in [6, 6.07) is 0. The fourth-order valence-corrected chi connectivity index (χ4v) is 2.71. The van der Waals surface area contributed by atoms with Crippen molar-refractivity contribution in [3.63, 3.8) is 0 Å². The molecule has 1 aromatic heterocycles. The number of carboxylic acid groups (broad SMARTS) is 1. The molecule has 0 amide bonds. The number of morpholine rings is 1. The first-order valence-electron chi connectivity index (χ1n) is 4.84. The summed E-state index contributed by atoms with van der Waals surface area (Å²) in [5, 5.41) is 9.58. The van der Waals surface area contributed by atoms with E-state index < -0.39 is 5.97 Å². The molecule has 1 unspecified atom stereocenters. The van der Waals surface area contributed by atoms with Crippen molar-refractivity contribution in [3.05, 3.63) is 10.0 Å². The zero-order chi connectivity index (χ0) is 11.7. The quantitative estimate of drug-likeness (QED) is 0.879. The van der Waals surface area contributed by atoms with Crippen molar-refractivity contribution in [1.29, 1.82) is 0 Å². The number of carbonyl (C=O) groups is 1. The van der Waals surface area contributed by atoms with E-state index in [9.17, 15) is 4.79 Å². The van der Waals surface area contributed by atoms with Crippen LogP contribution in [0.15, 0.2) is 0 Å². The molecule has 0 aromatic carbocycles. The maximum atomic E-state index is 10.8. The lowest BCUT2D eigenvalue weighted by molar-refractivity contribution is 0.0532. The summed E-state index contributed by atoms with van der Waals surface area (Å²) in [5.74, 6) is -1.03. The van der Waals surface area contributed by atoms with Crippen LogP contribution in [0.2, 0.25) is 5.15 Å². The fraction of sp³-hybridized carbons (Fsp3) is 0.556. The van der Waals surface area contributed by atoms with E-state index in [4.69, 9.17) is 21.4 Å². The number of hydrogen-bond acceptors (Lipinski definition) is 5. The molecule has 1 N–H and O–H groups in total. The van der Waals surface area contributed by atoms with E-state index in [1.165, 1.54) is 0 Å². The first-order chi connectivity index (χ1) is 7.58. The molecule has 2 heterocycles. The molecule has 2 rings (SSSR count). The van der Waals surface area contributed by atoms with Crippen molar-refractivity contribution in [2.45, 2.75) is 13.0 Å². The van der Waals surface area contributed by atoms with Crippen molar-refractivity contribution in [1.82, 2.24) is 4.98 Å². The minimum atomic E-state index is -1.03. The minimum absolute atomic E-state index is 0.0617. The summed E-state index contributed by atoms with van der Waals surface area (Å²) in [4.78, 5) is 17.0. The van der Waals surface area contributed by atoms with Gasteiger partial charge in [0.15, 0.2) is 15.2 Å². The van der Waals surface area contributed by atoms with Gasteiger partial charge in [-0.05, 0) is 6.92 Å². The van der Waals surface area contributed by atoms with Crippen molar-refractivity contribution < 1.29 is 14.6 Å². The largest absolute Gasteiger partial charge is 0.477 e. The first-order valence-corrected chi connectivity index (χ1v) is 6.03. The van der Waals surface area contributed by atoms with Gasteiger partial charge in [-0.25, -0.2) is 9.78 Å². The van der Waals surface area contributed by atoms with Gasteiger partial charge in [-0.2, -0.15) is 0 Å². The Bertz CT molecular complexity index is 409. The van der Waals surface area contributed by atoms with Crippen LogP contribution in [-0.2, 0) is 4.74 Å². The van der Waals surface area contributed by atoms with Gasteiger partial charge in [-0.1, -0.05) is 22.9 Å². The topological polar surface area (TPSA) is 62.7 Å². The van der Waals surface area contributed by atoms with Gasteiger partial charge in [0, 0.05) is 13.1 Å². The summed E-state index contributed by atoms with van der Waals surface area (Å²) in [5.41, 5.74) is 0. The summed E-state index contributed by atoms with van der Waals surface area (Å²) < 4.78 is 5.40. The molecule has 0 bridgehead atoms. The van der Waals surface area contributed by atoms with Crippen LogP contribution in [0.25, 0.3) is 0 Å². The third-order valence-corrected chi connectivity index (χ3v) is 3.77. The highest BCUT2D eigenvalue weighted by molar-refractivity contribution is 7.18. The molecule has 1 saturated heterocycles. The molecule has 5 nitrogen and oxygen atoms in total. The predicted octanol–water partition coefficient (Wildman–Crippen LogP) is 1.72. The normalized spacial score (nSPS) is 21.1. The molecule has 1 aliphatic rings. The van der Waals surface area contributed by atoms with E-state index in [-0.39, 0.29) is 16.1 Å². The van der Waals surface area contributed by atoms with Crippen LogP contribution in [0, 0.1) is 0 Å². The molecule has 0 aliphatic carbocycles. The summed E-state index contributed by atoms with van der Waals surface area (Å²) in [6.07, 6.45) is 0.129. The average molecular weight is 263 g/mol. The lowest BCUT2D eigenvalue weighted by Crippen LogP contribution is -2.41. The molecule has 16 heavy (non-hydrogen) atoms. The number of aromatic carboxylic acids is 1. The highest BCUT2D eigenvalue weighted by Gasteiger charge is 2.23. The average Bonchev–Trinajstić information content (AvgIpc) is 2.60. The molecular weight excluding hydrogens is 252 g/mol. The van der Waals surface area contributed by atoms with E-state index >= 15 is 0 Å². The molecular formula is C9H11ClN2O3S. The molecule has 7 heteroatoms. The highest BCUT2D eigenvalue weighted by Crippen LogP contribution is 2.30. The van der Waals surface area contributed by atoms with E-state index in [1.807, 2.05) is 11.8 Å². The Hall–Kier alpha value is -0.850. The zero-order valence-corrected chi connectivity index (χ0v) is 10.2. The minimum Gasteiger partial charge on any atom is -0.477 e. The Morgan fingerprint density at radius 2 is 2.50 bits per heavy atom. The molecule has 0 radical (unpaired) electrons. The Kier molecular flexibility index (Phi) is 3.32. The number of thiazole rings is 1. The summed E-state index contributed by atoms with van der Waals surface area (Å²) >= 11 is 6.86. The maximum Gasteiger partial charge on any atom is 0.349 e. The van der Waals surface area contributed by atoms with E-state index in [0.29, 0.717) is 24.8 Å². The molecule has 0 spiro atoms. The smallest absolute Gasteiger partial charge is 0.349 e. The third-order valence-electron chi connectivity index (χ3n) is 2.28. The van der Waals surface area contributed by atoms with Crippen LogP contribution in [0.4, 0.5) is 5.13 Å². The lowest BCUT2D eigenvalue weighted by Gasteiger charge is -2.30. The second kappa shape index (κ2) is 4.57. The van der Waals surface area contributed by atoms with E-state index in [0.717, 1.165) is 11.3 Å². The van der Waals surface area contributed by atoms with Crippen LogP contribution in [-0.4, -0.2) is 41.9 Å². The Morgan fingerprint density at radius 3 is 3.06 bits per heavy atom. The third kappa shape index (κ3) is 2.28. The van der Waals surface area contributed by atoms with Gasteiger partial charge in [0.1, 0.15) is 0 Å². The van der Waals surface area contributed by atoms with Gasteiger partial charge in [-0.3, -0.25) is 0 Å². The second-order valence-electron chi connectivity index (χ2n) is 3.55. The van der Waals surface area contributed by atoms with Crippen molar-refractivity contribution in [2.24, 2.45) is 0 Å². The van der Waals surface area contributed by atoms with Gasteiger partial charge < -0.3 is 14.7 Å². The molecule has 1 aliphatic heterocycles. The Labute approximate surface area is 102 Å². The number of anilines is 1. The van der Waals surface area contributed by atoms with Gasteiger partial charge >= 0.3 is 5.97 Å². The zero-order valence-electron chi connectivity index (χ0n) is 8.64. The van der Waals surface area contributed by atoms with Gasteiger partial charge in [0.25, 0.3) is 0 Å². The summed E-state index contributed by atoms with van der Waals surface area (Å²) in [7, 11) is 0. The van der Waals surface area contributed by atoms with E-state index in [1.54, 1.807) is 0 Å². The predicted molar refractivity (Wildman–Crippen MR) is 61.7 cm³/mol. The number of rotatable bonds is 2. The highest BCUT2D eigenvalue weighted by atomic mass is 35.5. The van der Waals surface area contributed by atoms with Gasteiger partial charge in [0.05, 0.1) is 12.7 Å². The number of halogens is 1. The maximum absolute atomic E-state index is 10.8. The Morgan fingerprint density at radius 1 is 1.75 bits per heavy atom. The van der Waals surface area contributed by atoms with Crippen LogP contribution in [0.5, 0.6) is 0 Å². The van der Waals surface area contributed by atoms with Gasteiger partial charge in [0.2, 0.25) is 0 Å². The fourth-order valence-electron chi connectivity index (χ4n) is 1.55. The van der Waals surface area contributed by atoms with Crippen LogP contribution >= 0.6 is 22.9 Å². The number of hydrogen-bond donors (Lipinski definition) is 1.